The number of benzene rings is 1. The number of rotatable bonds is 5. The smallest absolute Gasteiger partial charge is 0.404 e. The van der Waals surface area contributed by atoms with E-state index in [1.807, 2.05) is 24.3 Å². The SMILES string of the molecule is O=C(O)NC1CCOCC1COc1ccc(-n2cc(Cl)cn2)cc1. The van der Waals surface area contributed by atoms with Crippen molar-refractivity contribution in [1.29, 1.82) is 0 Å². The third-order valence-electron chi connectivity index (χ3n) is 3.90. The van der Waals surface area contributed by atoms with Crippen molar-refractivity contribution >= 4 is 17.7 Å². The predicted octanol–water partition coefficient (Wildman–Crippen LogP) is 2.58. The van der Waals surface area contributed by atoms with Crippen molar-refractivity contribution in [2.45, 2.75) is 12.5 Å². The molecule has 0 radical (unpaired) electrons. The van der Waals surface area contributed by atoms with Gasteiger partial charge in [0, 0.05) is 24.8 Å². The van der Waals surface area contributed by atoms with Gasteiger partial charge in [0.2, 0.25) is 0 Å². The highest BCUT2D eigenvalue weighted by molar-refractivity contribution is 6.30. The first-order valence-corrected chi connectivity index (χ1v) is 8.00. The van der Waals surface area contributed by atoms with Gasteiger partial charge in [0.1, 0.15) is 5.75 Å². The molecule has 1 fully saturated rings. The standard InChI is InChI=1S/C16H18ClN3O4/c17-12-7-18-20(8-12)13-1-3-14(4-2-13)24-10-11-9-23-6-5-15(11)19-16(21)22/h1-4,7-8,11,15,19H,5-6,9-10H2,(H,21,22). The van der Waals surface area contributed by atoms with E-state index in [0.29, 0.717) is 37.0 Å². The number of aromatic nitrogens is 2. The molecule has 2 heterocycles. The lowest BCUT2D eigenvalue weighted by molar-refractivity contribution is 0.0140. The zero-order valence-corrected chi connectivity index (χ0v) is 13.6. The molecule has 8 heteroatoms. The minimum atomic E-state index is -1.02. The van der Waals surface area contributed by atoms with Gasteiger partial charge >= 0.3 is 6.09 Å². The zero-order chi connectivity index (χ0) is 16.9. The van der Waals surface area contributed by atoms with Crippen LogP contribution in [0.1, 0.15) is 6.42 Å². The summed E-state index contributed by atoms with van der Waals surface area (Å²) in [5.74, 6) is 0.691. The lowest BCUT2D eigenvalue weighted by Gasteiger charge is -2.31. The van der Waals surface area contributed by atoms with Crippen LogP contribution in [0.2, 0.25) is 5.02 Å². The van der Waals surface area contributed by atoms with Gasteiger partial charge in [-0.25, -0.2) is 9.48 Å². The van der Waals surface area contributed by atoms with Crippen LogP contribution in [0.15, 0.2) is 36.7 Å². The van der Waals surface area contributed by atoms with Crippen LogP contribution in [0.3, 0.4) is 0 Å². The molecule has 0 aliphatic carbocycles. The van der Waals surface area contributed by atoms with E-state index < -0.39 is 6.09 Å². The van der Waals surface area contributed by atoms with Crippen LogP contribution >= 0.6 is 11.6 Å². The summed E-state index contributed by atoms with van der Waals surface area (Å²) in [6.45, 7) is 1.43. The summed E-state index contributed by atoms with van der Waals surface area (Å²) in [5, 5.41) is 16.1. The van der Waals surface area contributed by atoms with Crippen molar-refractivity contribution in [1.82, 2.24) is 15.1 Å². The molecule has 1 aromatic heterocycles. The Kier molecular flexibility index (Phi) is 5.22. The maximum absolute atomic E-state index is 10.9. The Bertz CT molecular complexity index is 689. The van der Waals surface area contributed by atoms with Gasteiger partial charge in [-0.3, -0.25) is 0 Å². The van der Waals surface area contributed by atoms with Gasteiger partial charge in [0.25, 0.3) is 0 Å². The third kappa shape index (κ3) is 4.18. The Morgan fingerprint density at radius 2 is 2.25 bits per heavy atom. The normalized spacial score (nSPS) is 20.5. The molecule has 0 saturated carbocycles. The van der Waals surface area contributed by atoms with E-state index in [2.05, 4.69) is 10.4 Å². The number of nitrogens with one attached hydrogen (secondary N) is 1. The van der Waals surface area contributed by atoms with Crippen LogP contribution in [-0.2, 0) is 4.74 Å². The summed E-state index contributed by atoms with van der Waals surface area (Å²) in [6.07, 6.45) is 2.93. The van der Waals surface area contributed by atoms with E-state index in [0.717, 1.165) is 5.69 Å². The van der Waals surface area contributed by atoms with Gasteiger partial charge in [0.15, 0.2) is 0 Å². The molecule has 1 aliphatic heterocycles. The molecule has 1 amide bonds. The highest BCUT2D eigenvalue weighted by atomic mass is 35.5. The van der Waals surface area contributed by atoms with Gasteiger partial charge < -0.3 is 19.9 Å². The highest BCUT2D eigenvalue weighted by Crippen LogP contribution is 2.20. The summed E-state index contributed by atoms with van der Waals surface area (Å²) in [4.78, 5) is 10.9. The van der Waals surface area contributed by atoms with Crippen molar-refractivity contribution in [3.05, 3.63) is 41.7 Å². The molecular weight excluding hydrogens is 334 g/mol. The fraction of sp³-hybridized carbons (Fsp3) is 0.375. The third-order valence-corrected chi connectivity index (χ3v) is 4.09. The van der Waals surface area contributed by atoms with Crippen LogP contribution < -0.4 is 10.1 Å². The monoisotopic (exact) mass is 351 g/mol. The van der Waals surface area contributed by atoms with Gasteiger partial charge in [0.05, 0.1) is 30.1 Å². The van der Waals surface area contributed by atoms with Crippen molar-refractivity contribution in [3.63, 3.8) is 0 Å². The Hall–Kier alpha value is -2.25. The molecular formula is C16H18ClN3O4. The Balaban J connectivity index is 1.58. The maximum Gasteiger partial charge on any atom is 0.404 e. The van der Waals surface area contributed by atoms with Crippen LogP contribution in [0.5, 0.6) is 5.75 Å². The van der Waals surface area contributed by atoms with E-state index >= 15 is 0 Å². The van der Waals surface area contributed by atoms with Crippen molar-refractivity contribution in [3.8, 4) is 11.4 Å². The second kappa shape index (κ2) is 7.55. The number of carboxylic acid groups (broad SMARTS) is 1. The first kappa shape index (κ1) is 16.6. The number of hydrogen-bond acceptors (Lipinski definition) is 4. The summed E-state index contributed by atoms with van der Waals surface area (Å²) in [6, 6.07) is 7.29. The molecule has 1 aromatic carbocycles. The molecule has 2 unspecified atom stereocenters. The fourth-order valence-electron chi connectivity index (χ4n) is 2.65. The summed E-state index contributed by atoms with van der Waals surface area (Å²) >= 11 is 5.86. The van der Waals surface area contributed by atoms with E-state index in [1.54, 1.807) is 17.1 Å². The first-order chi connectivity index (χ1) is 11.6. The number of carbonyl (C=O) groups is 1. The van der Waals surface area contributed by atoms with E-state index in [-0.39, 0.29) is 12.0 Å². The maximum atomic E-state index is 10.9. The van der Waals surface area contributed by atoms with Crippen LogP contribution in [0, 0.1) is 5.92 Å². The zero-order valence-electron chi connectivity index (χ0n) is 12.9. The van der Waals surface area contributed by atoms with Gasteiger partial charge in [-0.1, -0.05) is 11.6 Å². The molecule has 0 spiro atoms. The molecule has 3 rings (SSSR count). The molecule has 2 N–H and O–H groups in total. The Morgan fingerprint density at radius 1 is 1.46 bits per heavy atom. The molecule has 128 valence electrons. The molecule has 0 bridgehead atoms. The molecule has 1 aliphatic rings. The molecule has 24 heavy (non-hydrogen) atoms. The second-order valence-corrected chi connectivity index (χ2v) is 6.02. The van der Waals surface area contributed by atoms with Crippen molar-refractivity contribution in [2.75, 3.05) is 19.8 Å². The summed E-state index contributed by atoms with van der Waals surface area (Å²) in [5.41, 5.74) is 0.876. The minimum Gasteiger partial charge on any atom is -0.493 e. The second-order valence-electron chi connectivity index (χ2n) is 5.59. The predicted molar refractivity (Wildman–Crippen MR) is 87.9 cm³/mol. The Labute approximate surface area is 144 Å². The quantitative estimate of drug-likeness (QED) is 0.864. The molecule has 1 saturated heterocycles. The van der Waals surface area contributed by atoms with Crippen LogP contribution in [-0.4, -0.2) is 46.8 Å². The average Bonchev–Trinajstić information content (AvgIpc) is 3.00. The lowest BCUT2D eigenvalue weighted by Crippen LogP contribution is -2.47. The highest BCUT2D eigenvalue weighted by Gasteiger charge is 2.27. The topological polar surface area (TPSA) is 85.6 Å². The van der Waals surface area contributed by atoms with Gasteiger partial charge in [-0.2, -0.15) is 5.10 Å². The number of halogens is 1. The number of hydrogen-bond donors (Lipinski definition) is 2. The Morgan fingerprint density at radius 3 is 2.92 bits per heavy atom. The van der Waals surface area contributed by atoms with Crippen molar-refractivity contribution < 1.29 is 19.4 Å². The summed E-state index contributed by atoms with van der Waals surface area (Å²) < 4.78 is 12.9. The fourth-order valence-corrected chi connectivity index (χ4v) is 2.79. The van der Waals surface area contributed by atoms with E-state index in [9.17, 15) is 4.79 Å². The number of ether oxygens (including phenoxy) is 2. The molecule has 7 nitrogen and oxygen atoms in total. The van der Waals surface area contributed by atoms with Crippen molar-refractivity contribution in [2.24, 2.45) is 5.92 Å². The lowest BCUT2D eigenvalue weighted by atomic mass is 9.97. The van der Waals surface area contributed by atoms with Gasteiger partial charge in [-0.05, 0) is 30.7 Å². The number of amides is 1. The van der Waals surface area contributed by atoms with E-state index in [1.165, 1.54) is 0 Å². The molecule has 2 aromatic rings. The molecule has 2 atom stereocenters. The average molecular weight is 352 g/mol. The number of nitrogens with zero attached hydrogens (tertiary/aromatic N) is 2. The van der Waals surface area contributed by atoms with E-state index in [4.69, 9.17) is 26.2 Å². The van der Waals surface area contributed by atoms with Gasteiger partial charge in [-0.15, -0.1) is 0 Å². The first-order valence-electron chi connectivity index (χ1n) is 7.62. The van der Waals surface area contributed by atoms with Crippen LogP contribution in [0.25, 0.3) is 5.69 Å². The van der Waals surface area contributed by atoms with Crippen LogP contribution in [0.4, 0.5) is 4.79 Å². The largest absolute Gasteiger partial charge is 0.493 e. The minimum absolute atomic E-state index is 0.0144. The summed E-state index contributed by atoms with van der Waals surface area (Å²) in [7, 11) is 0.